The number of ketones is 1. The number of allylic oxidation sites excluding steroid dienone is 1. The maximum absolute atomic E-state index is 13.1. The highest BCUT2D eigenvalue weighted by Crippen LogP contribution is 2.43. The van der Waals surface area contributed by atoms with Gasteiger partial charge < -0.3 is 14.2 Å². The Morgan fingerprint density at radius 3 is 2.81 bits per heavy atom. The molecule has 2 aromatic carbocycles. The number of carbonyl (C=O) groups is 1. The fraction of sp³-hybridized carbons (Fsp3) is 0.200. The number of rotatable bonds is 4. The monoisotopic (exact) mass is 414 g/mol. The number of ether oxygens (including phenoxy) is 3. The van der Waals surface area contributed by atoms with Gasteiger partial charge in [-0.25, -0.2) is 0 Å². The van der Waals surface area contributed by atoms with Gasteiger partial charge in [0.25, 0.3) is 0 Å². The number of Topliss-reactive ketones (excluding diaryl/α,β-unsaturated/α-hetero) is 1. The van der Waals surface area contributed by atoms with Crippen LogP contribution in [0.5, 0.6) is 17.2 Å². The van der Waals surface area contributed by atoms with Crippen LogP contribution in [0, 0.1) is 6.92 Å². The first-order valence-electron chi connectivity index (χ1n) is 10.1. The zero-order chi connectivity index (χ0) is 21.4. The number of hydrogen-bond acceptors (Lipinski definition) is 6. The Morgan fingerprint density at radius 1 is 1.16 bits per heavy atom. The summed E-state index contributed by atoms with van der Waals surface area (Å²) >= 11 is 0. The third kappa shape index (κ3) is 3.66. The average Bonchev–Trinajstić information content (AvgIpc) is 3.10. The van der Waals surface area contributed by atoms with E-state index in [1.807, 2.05) is 49.4 Å². The molecule has 3 aromatic rings. The van der Waals surface area contributed by atoms with Crippen LogP contribution >= 0.6 is 0 Å². The van der Waals surface area contributed by atoms with E-state index in [0.29, 0.717) is 30.3 Å². The highest BCUT2D eigenvalue weighted by molar-refractivity contribution is 6.15. The van der Waals surface area contributed by atoms with Gasteiger partial charge in [0.1, 0.15) is 24.0 Å². The number of methoxy groups -OCH3 is 1. The van der Waals surface area contributed by atoms with E-state index in [4.69, 9.17) is 14.2 Å². The number of pyridine rings is 1. The third-order valence-electron chi connectivity index (χ3n) is 5.55. The summed E-state index contributed by atoms with van der Waals surface area (Å²) in [5.74, 6) is 2.31. The average molecular weight is 414 g/mol. The maximum Gasteiger partial charge on any atom is 0.231 e. The van der Waals surface area contributed by atoms with E-state index >= 15 is 0 Å². The van der Waals surface area contributed by atoms with Crippen LogP contribution in [0.3, 0.4) is 0 Å². The van der Waals surface area contributed by atoms with Gasteiger partial charge in [-0.2, -0.15) is 0 Å². The summed E-state index contributed by atoms with van der Waals surface area (Å²) in [4.78, 5) is 19.3. The van der Waals surface area contributed by atoms with Gasteiger partial charge in [-0.3, -0.25) is 14.7 Å². The van der Waals surface area contributed by atoms with Crippen molar-refractivity contribution in [2.45, 2.75) is 20.0 Å². The van der Waals surface area contributed by atoms with Crippen LogP contribution < -0.4 is 14.2 Å². The minimum Gasteiger partial charge on any atom is -0.497 e. The quantitative estimate of drug-likeness (QED) is 0.591. The summed E-state index contributed by atoms with van der Waals surface area (Å²) in [5.41, 5.74) is 4.45. The lowest BCUT2D eigenvalue weighted by atomic mass is 10.00. The van der Waals surface area contributed by atoms with Crippen LogP contribution in [0.1, 0.15) is 32.6 Å². The number of aromatic nitrogens is 1. The van der Waals surface area contributed by atoms with Gasteiger partial charge in [-0.05, 0) is 54.5 Å². The zero-order valence-electron chi connectivity index (χ0n) is 17.4. The molecule has 0 atom stereocenters. The maximum atomic E-state index is 13.1. The van der Waals surface area contributed by atoms with Crippen molar-refractivity contribution < 1.29 is 19.0 Å². The Bertz CT molecular complexity index is 1190. The Balaban J connectivity index is 1.43. The van der Waals surface area contributed by atoms with Crippen LogP contribution in [0.4, 0.5) is 0 Å². The molecule has 1 aromatic heterocycles. The van der Waals surface area contributed by atoms with Crippen molar-refractivity contribution in [3.8, 4) is 17.2 Å². The molecule has 0 bridgehead atoms. The fourth-order valence-electron chi connectivity index (χ4n) is 4.03. The van der Waals surface area contributed by atoms with Gasteiger partial charge in [-0.15, -0.1) is 0 Å². The zero-order valence-corrected chi connectivity index (χ0v) is 17.4. The summed E-state index contributed by atoms with van der Waals surface area (Å²) in [6, 6.07) is 13.4. The van der Waals surface area contributed by atoms with Gasteiger partial charge in [0.05, 0.1) is 12.7 Å². The molecule has 6 nitrogen and oxygen atoms in total. The molecule has 0 radical (unpaired) electrons. The van der Waals surface area contributed by atoms with E-state index in [9.17, 15) is 4.79 Å². The first-order valence-corrected chi connectivity index (χ1v) is 10.1. The standard InChI is InChI=1S/C25H22N2O4/c1-16-24-19(14-27(15-30-24)13-17-6-8-26-9-7-17)12-21-23(28)22(31-25(16)21)11-18-4-3-5-20(10-18)29-2/h3-12H,13-15H2,1-2H3. The highest BCUT2D eigenvalue weighted by Gasteiger charge is 2.33. The largest absolute Gasteiger partial charge is 0.497 e. The molecule has 5 rings (SSSR count). The smallest absolute Gasteiger partial charge is 0.231 e. The molecule has 0 spiro atoms. The van der Waals surface area contributed by atoms with E-state index in [-0.39, 0.29) is 5.78 Å². The molecule has 2 aliphatic heterocycles. The molecule has 0 saturated carbocycles. The first-order chi connectivity index (χ1) is 15.1. The van der Waals surface area contributed by atoms with Gasteiger partial charge >= 0.3 is 0 Å². The van der Waals surface area contributed by atoms with Crippen LogP contribution in [-0.4, -0.2) is 29.5 Å². The molecule has 3 heterocycles. The first kappa shape index (κ1) is 19.3. The number of benzene rings is 2. The minimum atomic E-state index is -0.116. The second-order valence-electron chi connectivity index (χ2n) is 7.70. The molecule has 0 fully saturated rings. The minimum absolute atomic E-state index is 0.116. The second kappa shape index (κ2) is 7.89. The summed E-state index contributed by atoms with van der Waals surface area (Å²) < 4.78 is 17.3. The predicted octanol–water partition coefficient (Wildman–Crippen LogP) is 4.37. The lowest BCUT2D eigenvalue weighted by Gasteiger charge is -2.30. The number of hydrogen-bond donors (Lipinski definition) is 0. The lowest BCUT2D eigenvalue weighted by molar-refractivity contribution is 0.0876. The normalized spacial score (nSPS) is 16.5. The number of carbonyl (C=O) groups excluding carboxylic acids is 1. The summed E-state index contributed by atoms with van der Waals surface area (Å²) in [6.45, 7) is 3.88. The Labute approximate surface area is 180 Å². The molecular formula is C25H22N2O4. The predicted molar refractivity (Wildman–Crippen MR) is 116 cm³/mol. The SMILES string of the molecule is COc1cccc(C=C2Oc3c(cc4c(c3C)OCN(Cc3ccncc3)C4)C2=O)c1. The molecular weight excluding hydrogens is 392 g/mol. The van der Waals surface area contributed by atoms with Crippen LogP contribution in [0.25, 0.3) is 6.08 Å². The van der Waals surface area contributed by atoms with Crippen LogP contribution in [-0.2, 0) is 13.1 Å². The van der Waals surface area contributed by atoms with E-state index < -0.39 is 0 Å². The van der Waals surface area contributed by atoms with Crippen LogP contribution in [0.15, 0.2) is 60.6 Å². The van der Waals surface area contributed by atoms with E-state index in [1.54, 1.807) is 25.6 Å². The van der Waals surface area contributed by atoms with Crippen molar-refractivity contribution in [2.75, 3.05) is 13.8 Å². The molecule has 156 valence electrons. The van der Waals surface area contributed by atoms with Crippen molar-refractivity contribution in [3.05, 3.63) is 88.4 Å². The second-order valence-corrected chi connectivity index (χ2v) is 7.70. The van der Waals surface area contributed by atoms with Crippen molar-refractivity contribution in [1.82, 2.24) is 9.88 Å². The number of nitrogens with zero attached hydrogens (tertiary/aromatic N) is 2. The van der Waals surface area contributed by atoms with Crippen molar-refractivity contribution in [2.24, 2.45) is 0 Å². The van der Waals surface area contributed by atoms with E-state index in [2.05, 4.69) is 9.88 Å². The number of fused-ring (bicyclic) bond motifs is 2. The topological polar surface area (TPSA) is 60.9 Å². The Kier molecular flexibility index (Phi) is 4.92. The molecule has 0 saturated heterocycles. The van der Waals surface area contributed by atoms with Gasteiger partial charge in [0.15, 0.2) is 5.76 Å². The summed E-state index contributed by atoms with van der Waals surface area (Å²) in [6.07, 6.45) is 5.33. The molecule has 6 heteroatoms. The van der Waals surface area contributed by atoms with E-state index in [0.717, 1.165) is 34.7 Å². The molecule has 0 unspecified atom stereocenters. The van der Waals surface area contributed by atoms with Gasteiger partial charge in [0, 0.05) is 36.6 Å². The Hall–Kier alpha value is -3.64. The van der Waals surface area contributed by atoms with Gasteiger partial charge in [-0.1, -0.05) is 12.1 Å². The van der Waals surface area contributed by atoms with Crippen molar-refractivity contribution in [3.63, 3.8) is 0 Å². The summed E-state index contributed by atoms with van der Waals surface area (Å²) in [5, 5.41) is 0. The fourth-order valence-corrected chi connectivity index (χ4v) is 4.03. The molecule has 0 N–H and O–H groups in total. The van der Waals surface area contributed by atoms with Crippen molar-refractivity contribution >= 4 is 11.9 Å². The Morgan fingerprint density at radius 2 is 2.00 bits per heavy atom. The summed E-state index contributed by atoms with van der Waals surface area (Å²) in [7, 11) is 1.62. The molecule has 0 amide bonds. The molecule has 0 aliphatic carbocycles. The molecule has 2 aliphatic rings. The van der Waals surface area contributed by atoms with Crippen molar-refractivity contribution in [1.29, 1.82) is 0 Å². The van der Waals surface area contributed by atoms with Gasteiger partial charge in [0.2, 0.25) is 5.78 Å². The highest BCUT2D eigenvalue weighted by atomic mass is 16.5. The molecule has 31 heavy (non-hydrogen) atoms. The van der Waals surface area contributed by atoms with E-state index in [1.165, 1.54) is 5.56 Å². The third-order valence-corrected chi connectivity index (χ3v) is 5.55. The lowest BCUT2D eigenvalue weighted by Crippen LogP contribution is -2.32. The van der Waals surface area contributed by atoms with Crippen LogP contribution in [0.2, 0.25) is 0 Å².